The molecule has 12 heteroatoms. The minimum atomic E-state index is -0.775. The summed E-state index contributed by atoms with van der Waals surface area (Å²) in [6, 6.07) is 1.78. The average molecular weight is 610 g/mol. The number of phenolic OH excluding ortho intramolecular Hbond substituents is 2. The number of benzene rings is 2. The minimum absolute atomic E-state index is 0.0377. The van der Waals surface area contributed by atoms with Gasteiger partial charge in [-0.3, -0.25) is 14.5 Å². The van der Waals surface area contributed by atoms with Gasteiger partial charge >= 0.3 is 11.9 Å². The summed E-state index contributed by atoms with van der Waals surface area (Å²) in [7, 11) is 2.94. The van der Waals surface area contributed by atoms with Crippen molar-refractivity contribution in [1.29, 1.82) is 5.26 Å². The summed E-state index contributed by atoms with van der Waals surface area (Å²) in [6.45, 7) is 6.57. The van der Waals surface area contributed by atoms with E-state index in [1.165, 1.54) is 32.9 Å². The number of aromatic hydroxyl groups is 2. The molecular formula is C31H35N3O8S. The predicted molar refractivity (Wildman–Crippen MR) is 157 cm³/mol. The van der Waals surface area contributed by atoms with Crippen LogP contribution >= 0.6 is 11.8 Å². The largest absolute Gasteiger partial charge is 0.504 e. The fraction of sp³-hybridized carbons (Fsp3) is 0.516. The van der Waals surface area contributed by atoms with E-state index in [1.807, 2.05) is 17.9 Å². The third-order valence-corrected chi connectivity index (χ3v) is 10.7. The number of nitrogens with zero attached hydrogens (tertiary/aromatic N) is 2. The van der Waals surface area contributed by atoms with Gasteiger partial charge < -0.3 is 34.5 Å². The highest BCUT2D eigenvalue weighted by Gasteiger charge is 2.58. The number of piperazine rings is 1. The molecule has 0 spiro atoms. The van der Waals surface area contributed by atoms with Crippen LogP contribution in [0.5, 0.6) is 28.7 Å². The highest BCUT2D eigenvalue weighted by Crippen LogP contribution is 2.62. The van der Waals surface area contributed by atoms with Crippen LogP contribution < -0.4 is 19.5 Å². The van der Waals surface area contributed by atoms with Crippen molar-refractivity contribution in [2.24, 2.45) is 5.92 Å². The highest BCUT2D eigenvalue weighted by molar-refractivity contribution is 7.99. The zero-order chi connectivity index (χ0) is 30.9. The number of aryl methyl sites for hydroxylation is 1. The number of methoxy groups -OCH3 is 2. The molecule has 4 heterocycles. The van der Waals surface area contributed by atoms with Crippen molar-refractivity contribution in [3.8, 4) is 34.8 Å². The van der Waals surface area contributed by atoms with E-state index in [9.17, 15) is 25.1 Å². The fourth-order valence-corrected chi connectivity index (χ4v) is 8.99. The van der Waals surface area contributed by atoms with Crippen molar-refractivity contribution >= 4 is 23.7 Å². The molecule has 2 aromatic rings. The number of phenols is 2. The molecule has 7 atom stereocenters. The van der Waals surface area contributed by atoms with Crippen LogP contribution in [0.25, 0.3) is 0 Å². The third-order valence-electron chi connectivity index (χ3n) is 9.17. The van der Waals surface area contributed by atoms with Crippen LogP contribution in [0, 0.1) is 31.1 Å². The zero-order valence-electron chi connectivity index (χ0n) is 24.9. The van der Waals surface area contributed by atoms with Crippen molar-refractivity contribution in [3.63, 3.8) is 0 Å². The second-order valence-electron chi connectivity index (χ2n) is 11.7. The monoisotopic (exact) mass is 609 g/mol. The maximum absolute atomic E-state index is 13.0. The molecule has 4 aliphatic heterocycles. The van der Waals surface area contributed by atoms with Crippen molar-refractivity contribution in [3.05, 3.63) is 39.4 Å². The van der Waals surface area contributed by atoms with Gasteiger partial charge in [0.2, 0.25) is 0 Å². The summed E-state index contributed by atoms with van der Waals surface area (Å²) in [5.41, 5.74) is 3.86. The molecule has 0 amide bonds. The summed E-state index contributed by atoms with van der Waals surface area (Å²) >= 11 is 1.47. The van der Waals surface area contributed by atoms with Gasteiger partial charge in [0, 0.05) is 47.0 Å². The predicted octanol–water partition coefficient (Wildman–Crippen LogP) is 3.51. The van der Waals surface area contributed by atoms with Gasteiger partial charge in [0.15, 0.2) is 23.0 Å². The number of carbonyl (C=O) groups excluding carboxylic acids is 2. The third kappa shape index (κ3) is 4.31. The summed E-state index contributed by atoms with van der Waals surface area (Å²) < 4.78 is 22.9. The number of hydrogen-bond donors (Lipinski definition) is 3. The highest BCUT2D eigenvalue weighted by atomic mass is 32.2. The van der Waals surface area contributed by atoms with Crippen molar-refractivity contribution in [2.75, 3.05) is 26.6 Å². The Morgan fingerprint density at radius 2 is 1.84 bits per heavy atom. The van der Waals surface area contributed by atoms with E-state index < -0.39 is 41.3 Å². The normalized spacial score (nSPS) is 29.3. The lowest BCUT2D eigenvalue weighted by Crippen LogP contribution is -2.69. The van der Waals surface area contributed by atoms with E-state index in [1.54, 1.807) is 13.8 Å². The molecule has 228 valence electrons. The number of esters is 2. The molecule has 2 aromatic carbocycles. The lowest BCUT2D eigenvalue weighted by Gasteiger charge is -2.59. The molecule has 2 fully saturated rings. The van der Waals surface area contributed by atoms with Gasteiger partial charge in [-0.25, -0.2) is 0 Å². The Balaban J connectivity index is 1.69. The van der Waals surface area contributed by atoms with Gasteiger partial charge in [-0.1, -0.05) is 13.0 Å². The van der Waals surface area contributed by atoms with Gasteiger partial charge in [0.05, 0.1) is 43.5 Å². The number of cyclic esters (lactones) is 1. The van der Waals surface area contributed by atoms with E-state index in [0.29, 0.717) is 40.2 Å². The average Bonchev–Trinajstić information content (AvgIpc) is 2.96. The van der Waals surface area contributed by atoms with Gasteiger partial charge in [0.25, 0.3) is 0 Å². The molecular weight excluding hydrogens is 574 g/mol. The van der Waals surface area contributed by atoms with E-state index in [2.05, 4.69) is 11.4 Å². The maximum Gasteiger partial charge on any atom is 0.309 e. The zero-order valence-corrected chi connectivity index (χ0v) is 25.7. The first-order valence-electron chi connectivity index (χ1n) is 14.3. The lowest BCUT2D eigenvalue weighted by atomic mass is 9.72. The molecule has 0 unspecified atom stereocenters. The van der Waals surface area contributed by atoms with E-state index in [-0.39, 0.29) is 41.6 Å². The van der Waals surface area contributed by atoms with Crippen LogP contribution in [0.4, 0.5) is 0 Å². The maximum atomic E-state index is 13.0. The molecule has 0 aromatic heterocycles. The Kier molecular flexibility index (Phi) is 7.39. The summed E-state index contributed by atoms with van der Waals surface area (Å²) in [6.07, 6.45) is 0.474. The van der Waals surface area contributed by atoms with E-state index in [0.717, 1.165) is 11.1 Å². The smallest absolute Gasteiger partial charge is 0.309 e. The summed E-state index contributed by atoms with van der Waals surface area (Å²) in [4.78, 5) is 27.5. The number of nitriles is 1. The van der Waals surface area contributed by atoms with Crippen LogP contribution in [0.1, 0.15) is 64.6 Å². The summed E-state index contributed by atoms with van der Waals surface area (Å²) in [5.74, 6) is -0.283. The molecule has 2 saturated heterocycles. The van der Waals surface area contributed by atoms with Gasteiger partial charge in [-0.15, -0.1) is 0 Å². The standard InChI is InChI=1S/C31H35N3O8S/c1-12-7-16-8-17-18(9-32)34-19-10-41-31(38)13(2)11-43-30(24(34)23(33-17)20(16)25(36)27(12)39-5)22-21(19)26(37)29(40-6)14(3)28(22)42-15(4)35/h7,13,17-19,23-24,30,33,36-37H,8,10-11H2,1-6H3/t13-,17+,18-,19-,23+,24+,30-/m0/s1. The van der Waals surface area contributed by atoms with Crippen molar-refractivity contribution in [2.45, 2.75) is 69.6 Å². The van der Waals surface area contributed by atoms with Crippen molar-refractivity contribution < 1.29 is 38.7 Å². The molecule has 43 heavy (non-hydrogen) atoms. The molecule has 0 saturated carbocycles. The molecule has 0 aliphatic carbocycles. The van der Waals surface area contributed by atoms with Gasteiger partial charge in [0.1, 0.15) is 18.4 Å². The Labute approximate surface area is 254 Å². The Morgan fingerprint density at radius 3 is 2.49 bits per heavy atom. The number of hydrogen-bond acceptors (Lipinski definition) is 12. The van der Waals surface area contributed by atoms with E-state index in [4.69, 9.17) is 18.9 Å². The number of fused-ring (bicyclic) bond motifs is 7. The second kappa shape index (κ2) is 10.8. The molecule has 4 aliphatic rings. The first kappa shape index (κ1) is 29.4. The Bertz CT molecular complexity index is 1570. The number of carbonyl (C=O) groups is 2. The fourth-order valence-electron chi connectivity index (χ4n) is 7.47. The van der Waals surface area contributed by atoms with Crippen LogP contribution in [-0.4, -0.2) is 71.8 Å². The SMILES string of the molecule is COc1c(C)cc2c(c1O)[C@H]1N[C@H](C2)[C@H](C#N)N2[C@H]1[C@H]1SC[C@H](C)C(=O)OC[C@H]2c2c(O)c(OC)c(C)c(OC(C)=O)c21. The van der Waals surface area contributed by atoms with Crippen molar-refractivity contribution in [1.82, 2.24) is 10.2 Å². The number of nitrogens with one attached hydrogen (secondary N) is 1. The van der Waals surface area contributed by atoms with Crippen LogP contribution in [0.15, 0.2) is 6.07 Å². The number of thioether (sulfide) groups is 1. The molecule has 11 nitrogen and oxygen atoms in total. The van der Waals surface area contributed by atoms with Gasteiger partial charge in [-0.2, -0.15) is 17.0 Å². The van der Waals surface area contributed by atoms with Crippen LogP contribution in [-0.2, 0) is 20.7 Å². The molecule has 3 N–H and O–H groups in total. The molecule has 6 rings (SSSR count). The number of ether oxygens (including phenoxy) is 4. The topological polar surface area (TPSA) is 151 Å². The van der Waals surface area contributed by atoms with Crippen LogP contribution in [0.3, 0.4) is 0 Å². The summed E-state index contributed by atoms with van der Waals surface area (Å²) in [5, 5.41) is 37.1. The second-order valence-corrected chi connectivity index (χ2v) is 12.8. The quantitative estimate of drug-likeness (QED) is 0.345. The lowest BCUT2D eigenvalue weighted by molar-refractivity contribution is -0.151. The number of rotatable bonds is 3. The van der Waals surface area contributed by atoms with Crippen LogP contribution in [0.2, 0.25) is 0 Å². The minimum Gasteiger partial charge on any atom is -0.504 e. The molecule has 0 radical (unpaired) electrons. The van der Waals surface area contributed by atoms with Gasteiger partial charge in [-0.05, 0) is 31.4 Å². The Hall–Kier alpha value is -3.66. The van der Waals surface area contributed by atoms with E-state index >= 15 is 0 Å². The first-order chi connectivity index (χ1) is 20.5. The molecule has 4 bridgehead atoms. The Morgan fingerprint density at radius 1 is 1.14 bits per heavy atom. The first-order valence-corrected chi connectivity index (χ1v) is 15.3.